The lowest BCUT2D eigenvalue weighted by Gasteiger charge is -2.20. The van der Waals surface area contributed by atoms with Crippen molar-refractivity contribution in [2.75, 3.05) is 0 Å². The molecule has 1 N–H and O–H groups in total. The zero-order valence-corrected chi connectivity index (χ0v) is 12.7. The molecule has 2 aromatic rings. The van der Waals surface area contributed by atoms with Crippen LogP contribution in [-0.4, -0.2) is 31.7 Å². The van der Waals surface area contributed by atoms with Crippen molar-refractivity contribution in [3.63, 3.8) is 0 Å². The fourth-order valence-corrected chi connectivity index (χ4v) is 1.90. The quantitative estimate of drug-likeness (QED) is 0.913. The third-order valence-corrected chi connectivity index (χ3v) is 2.76. The van der Waals surface area contributed by atoms with E-state index < -0.39 is 0 Å². The molecule has 1 aromatic heterocycles. The zero-order valence-electron chi connectivity index (χ0n) is 12.7. The Balaban J connectivity index is 1.83. The van der Waals surface area contributed by atoms with E-state index in [1.165, 1.54) is 4.80 Å². The van der Waals surface area contributed by atoms with E-state index in [4.69, 9.17) is 0 Å². The zero-order chi connectivity index (χ0) is 15.3. The van der Waals surface area contributed by atoms with Gasteiger partial charge in [0, 0.05) is 17.5 Å². The van der Waals surface area contributed by atoms with Gasteiger partial charge in [0.2, 0.25) is 11.7 Å². The molecule has 0 saturated carbocycles. The lowest BCUT2D eigenvalue weighted by molar-refractivity contribution is -0.122. The van der Waals surface area contributed by atoms with Crippen molar-refractivity contribution in [3.05, 3.63) is 30.3 Å². The lowest BCUT2D eigenvalue weighted by atomic mass is 10.1. The van der Waals surface area contributed by atoms with Crippen LogP contribution in [0.3, 0.4) is 0 Å². The SMILES string of the molecule is CC(C)(C)NC(=O)CCCn1nnc(-c2ccccc2)n1. The maximum absolute atomic E-state index is 11.7. The van der Waals surface area contributed by atoms with E-state index in [2.05, 4.69) is 20.7 Å². The van der Waals surface area contributed by atoms with E-state index >= 15 is 0 Å². The average Bonchev–Trinajstić information content (AvgIpc) is 2.86. The molecule has 21 heavy (non-hydrogen) atoms. The Hall–Kier alpha value is -2.24. The van der Waals surface area contributed by atoms with Gasteiger partial charge in [0.1, 0.15) is 0 Å². The van der Waals surface area contributed by atoms with Gasteiger partial charge in [-0.2, -0.15) is 4.80 Å². The number of aromatic nitrogens is 4. The molecule has 0 aliphatic carbocycles. The van der Waals surface area contributed by atoms with Gasteiger partial charge in [-0.25, -0.2) is 0 Å². The molecule has 0 fully saturated rings. The number of carbonyl (C=O) groups is 1. The largest absolute Gasteiger partial charge is 0.352 e. The van der Waals surface area contributed by atoms with Crippen molar-refractivity contribution in [1.29, 1.82) is 0 Å². The van der Waals surface area contributed by atoms with Gasteiger partial charge in [-0.3, -0.25) is 4.79 Å². The van der Waals surface area contributed by atoms with Crippen molar-refractivity contribution in [1.82, 2.24) is 25.5 Å². The lowest BCUT2D eigenvalue weighted by Crippen LogP contribution is -2.40. The fraction of sp³-hybridized carbons (Fsp3) is 0.467. The Kier molecular flexibility index (Phi) is 4.67. The second kappa shape index (κ2) is 6.47. The molecule has 0 unspecified atom stereocenters. The maximum Gasteiger partial charge on any atom is 0.220 e. The van der Waals surface area contributed by atoms with Crippen molar-refractivity contribution < 1.29 is 4.79 Å². The standard InChI is InChI=1S/C15H21N5O/c1-15(2,3)16-13(21)10-7-11-20-18-14(17-19-20)12-8-5-4-6-9-12/h4-6,8-9H,7,10-11H2,1-3H3,(H,16,21). The molecular formula is C15H21N5O. The third kappa shape index (κ3) is 4.98. The molecule has 0 bridgehead atoms. The minimum atomic E-state index is -0.191. The summed E-state index contributed by atoms with van der Waals surface area (Å²) in [4.78, 5) is 13.2. The number of rotatable bonds is 5. The molecule has 1 aromatic carbocycles. The molecular weight excluding hydrogens is 266 g/mol. The van der Waals surface area contributed by atoms with Crippen LogP contribution in [-0.2, 0) is 11.3 Å². The van der Waals surface area contributed by atoms with Crippen LogP contribution in [0.4, 0.5) is 0 Å². The number of tetrazole rings is 1. The predicted molar refractivity (Wildman–Crippen MR) is 80.4 cm³/mol. The molecule has 2 rings (SSSR count). The van der Waals surface area contributed by atoms with Gasteiger partial charge in [-0.1, -0.05) is 30.3 Å². The first-order valence-electron chi connectivity index (χ1n) is 7.08. The minimum Gasteiger partial charge on any atom is -0.352 e. The highest BCUT2D eigenvalue weighted by Crippen LogP contribution is 2.11. The van der Waals surface area contributed by atoms with Crippen LogP contribution >= 0.6 is 0 Å². The molecule has 0 atom stereocenters. The summed E-state index contributed by atoms with van der Waals surface area (Å²) in [7, 11) is 0. The summed E-state index contributed by atoms with van der Waals surface area (Å²) in [5, 5.41) is 15.3. The molecule has 6 heteroatoms. The Bertz CT molecular complexity index is 586. The third-order valence-electron chi connectivity index (χ3n) is 2.76. The number of nitrogens with one attached hydrogen (secondary N) is 1. The summed E-state index contributed by atoms with van der Waals surface area (Å²) >= 11 is 0. The normalized spacial score (nSPS) is 11.4. The maximum atomic E-state index is 11.7. The van der Waals surface area contributed by atoms with Gasteiger partial charge in [0.15, 0.2) is 0 Å². The number of nitrogens with zero attached hydrogens (tertiary/aromatic N) is 4. The van der Waals surface area contributed by atoms with E-state index in [0.29, 0.717) is 25.2 Å². The van der Waals surface area contributed by atoms with E-state index in [9.17, 15) is 4.79 Å². The number of carbonyl (C=O) groups excluding carboxylic acids is 1. The summed E-state index contributed by atoms with van der Waals surface area (Å²) in [5.74, 6) is 0.653. The predicted octanol–water partition coefficient (Wildman–Crippen LogP) is 2.04. The van der Waals surface area contributed by atoms with Crippen LogP contribution in [0.5, 0.6) is 0 Å². The van der Waals surface area contributed by atoms with Crippen molar-refractivity contribution in [2.45, 2.75) is 45.7 Å². The van der Waals surface area contributed by atoms with E-state index in [1.807, 2.05) is 51.1 Å². The summed E-state index contributed by atoms with van der Waals surface area (Å²) in [6.07, 6.45) is 1.14. The number of hydrogen-bond acceptors (Lipinski definition) is 4. The Morgan fingerprint density at radius 2 is 1.95 bits per heavy atom. The molecule has 6 nitrogen and oxygen atoms in total. The summed E-state index contributed by atoms with van der Waals surface area (Å²) in [5.41, 5.74) is 0.748. The van der Waals surface area contributed by atoms with Crippen molar-refractivity contribution in [3.8, 4) is 11.4 Å². The highest BCUT2D eigenvalue weighted by Gasteiger charge is 2.13. The average molecular weight is 287 g/mol. The summed E-state index contributed by atoms with van der Waals surface area (Å²) in [6, 6.07) is 9.71. The first-order valence-corrected chi connectivity index (χ1v) is 7.08. The van der Waals surface area contributed by atoms with Gasteiger partial charge < -0.3 is 5.32 Å². The first kappa shape index (κ1) is 15.2. The topological polar surface area (TPSA) is 72.7 Å². The molecule has 0 aliphatic rings. The van der Waals surface area contributed by atoms with Crippen LogP contribution < -0.4 is 5.32 Å². The number of benzene rings is 1. The van der Waals surface area contributed by atoms with Crippen LogP contribution in [0.15, 0.2) is 30.3 Å². The molecule has 1 amide bonds. The van der Waals surface area contributed by atoms with Crippen LogP contribution in [0.25, 0.3) is 11.4 Å². The highest BCUT2D eigenvalue weighted by molar-refractivity contribution is 5.76. The highest BCUT2D eigenvalue weighted by atomic mass is 16.1. The monoisotopic (exact) mass is 287 g/mol. The second-order valence-corrected chi connectivity index (χ2v) is 5.98. The van der Waals surface area contributed by atoms with Gasteiger partial charge in [0.05, 0.1) is 6.54 Å². The van der Waals surface area contributed by atoms with E-state index in [0.717, 1.165) is 5.56 Å². The first-order chi connectivity index (χ1) is 9.94. The van der Waals surface area contributed by atoms with Gasteiger partial charge in [-0.05, 0) is 32.4 Å². The Morgan fingerprint density at radius 3 is 2.62 bits per heavy atom. The molecule has 0 radical (unpaired) electrons. The number of hydrogen-bond donors (Lipinski definition) is 1. The summed E-state index contributed by atoms with van der Waals surface area (Å²) < 4.78 is 0. The molecule has 0 spiro atoms. The molecule has 0 aliphatic heterocycles. The Labute approximate surface area is 124 Å². The molecule has 0 saturated heterocycles. The fourth-order valence-electron chi connectivity index (χ4n) is 1.90. The number of amides is 1. The van der Waals surface area contributed by atoms with Crippen molar-refractivity contribution in [2.24, 2.45) is 0 Å². The van der Waals surface area contributed by atoms with Gasteiger partial charge in [-0.15, -0.1) is 10.2 Å². The van der Waals surface area contributed by atoms with Crippen LogP contribution in [0.2, 0.25) is 0 Å². The summed E-state index contributed by atoms with van der Waals surface area (Å²) in [6.45, 7) is 6.49. The van der Waals surface area contributed by atoms with Crippen LogP contribution in [0.1, 0.15) is 33.6 Å². The van der Waals surface area contributed by atoms with Gasteiger partial charge in [0.25, 0.3) is 0 Å². The number of aryl methyl sites for hydroxylation is 1. The minimum absolute atomic E-state index is 0.0471. The second-order valence-electron chi connectivity index (χ2n) is 5.98. The molecule has 1 heterocycles. The van der Waals surface area contributed by atoms with E-state index in [1.54, 1.807) is 0 Å². The molecule has 112 valence electrons. The van der Waals surface area contributed by atoms with Gasteiger partial charge >= 0.3 is 0 Å². The van der Waals surface area contributed by atoms with E-state index in [-0.39, 0.29) is 11.4 Å². The Morgan fingerprint density at radius 1 is 1.24 bits per heavy atom. The van der Waals surface area contributed by atoms with Crippen LogP contribution in [0, 0.1) is 0 Å². The smallest absolute Gasteiger partial charge is 0.220 e. The van der Waals surface area contributed by atoms with Crippen molar-refractivity contribution >= 4 is 5.91 Å².